The van der Waals surface area contributed by atoms with E-state index in [0.29, 0.717) is 23.3 Å². The van der Waals surface area contributed by atoms with Crippen LogP contribution in [0.3, 0.4) is 0 Å². The monoisotopic (exact) mass is 335 g/mol. The van der Waals surface area contributed by atoms with Crippen LogP contribution in [0.2, 0.25) is 0 Å². The Balaban J connectivity index is 2.60. The van der Waals surface area contributed by atoms with E-state index in [0.717, 1.165) is 0 Å². The summed E-state index contributed by atoms with van der Waals surface area (Å²) in [5.41, 5.74) is 0.402. The lowest BCUT2D eigenvalue weighted by Gasteiger charge is -2.04. The van der Waals surface area contributed by atoms with Gasteiger partial charge in [0.25, 0.3) is 0 Å². The molecule has 0 amide bonds. The molecule has 0 fully saturated rings. The van der Waals surface area contributed by atoms with E-state index in [1.165, 1.54) is 6.07 Å². The summed E-state index contributed by atoms with van der Waals surface area (Å²) >= 11 is 0.705. The maximum absolute atomic E-state index is 12.0. The molecule has 1 aromatic heterocycles. The maximum atomic E-state index is 12.0. The highest BCUT2D eigenvalue weighted by Crippen LogP contribution is 2.25. The second-order valence-electron chi connectivity index (χ2n) is 4.19. The van der Waals surface area contributed by atoms with Crippen LogP contribution in [0.25, 0.3) is 0 Å². The lowest BCUT2D eigenvalue weighted by atomic mass is 10.3. The largest absolute Gasteiger partial charge is 0.477 e. The number of ether oxygens (including phenoxy) is 1. The van der Waals surface area contributed by atoms with Crippen molar-refractivity contribution in [3.05, 3.63) is 16.5 Å². The van der Waals surface area contributed by atoms with Gasteiger partial charge in [-0.05, 0) is 31.9 Å². The van der Waals surface area contributed by atoms with Crippen molar-refractivity contribution < 1.29 is 27.9 Å². The molecule has 0 saturated carbocycles. The lowest BCUT2D eigenvalue weighted by Crippen LogP contribution is -2.24. The van der Waals surface area contributed by atoms with Gasteiger partial charge in [-0.25, -0.2) is 17.9 Å². The maximum Gasteiger partial charge on any atom is 0.346 e. The van der Waals surface area contributed by atoms with Crippen molar-refractivity contribution in [2.75, 3.05) is 13.2 Å². The quantitative estimate of drug-likeness (QED) is 0.548. The van der Waals surface area contributed by atoms with Gasteiger partial charge >= 0.3 is 11.9 Å². The van der Waals surface area contributed by atoms with Crippen LogP contribution < -0.4 is 4.72 Å². The fourth-order valence-electron chi connectivity index (χ4n) is 1.54. The van der Waals surface area contributed by atoms with Crippen LogP contribution in [-0.2, 0) is 19.6 Å². The van der Waals surface area contributed by atoms with E-state index in [4.69, 9.17) is 9.84 Å². The highest BCUT2D eigenvalue weighted by atomic mass is 32.2. The van der Waals surface area contributed by atoms with Gasteiger partial charge in [-0.2, -0.15) is 0 Å². The normalized spacial score (nSPS) is 11.3. The topological polar surface area (TPSA) is 110 Å². The first kappa shape index (κ1) is 17.6. The predicted molar refractivity (Wildman–Crippen MR) is 77.1 cm³/mol. The number of hydrogen-bond acceptors (Lipinski definition) is 6. The van der Waals surface area contributed by atoms with E-state index < -0.39 is 16.0 Å². The molecule has 0 bridgehead atoms. The SMILES string of the molecule is CCOC(=O)CCCNS(=O)(=O)c1cc(C)c(C(=O)O)s1. The number of nitrogens with one attached hydrogen (secondary N) is 1. The van der Waals surface area contributed by atoms with Crippen molar-refractivity contribution in [1.29, 1.82) is 0 Å². The molecule has 1 aromatic rings. The zero-order valence-electron chi connectivity index (χ0n) is 11.7. The van der Waals surface area contributed by atoms with Gasteiger partial charge in [-0.3, -0.25) is 4.79 Å². The average Bonchev–Trinajstić information content (AvgIpc) is 2.78. The molecular formula is C12H17NO6S2. The van der Waals surface area contributed by atoms with Crippen molar-refractivity contribution in [2.45, 2.75) is 30.9 Å². The summed E-state index contributed by atoms with van der Waals surface area (Å²) in [6.07, 6.45) is 0.439. The zero-order chi connectivity index (χ0) is 16.0. The van der Waals surface area contributed by atoms with Gasteiger partial charge in [0.1, 0.15) is 9.09 Å². The number of carbonyl (C=O) groups is 2. The first-order valence-electron chi connectivity index (χ1n) is 6.27. The van der Waals surface area contributed by atoms with Gasteiger partial charge in [0.15, 0.2) is 0 Å². The Kier molecular flexibility index (Phi) is 6.31. The summed E-state index contributed by atoms with van der Waals surface area (Å²) in [4.78, 5) is 22.0. The highest BCUT2D eigenvalue weighted by Gasteiger charge is 2.21. The van der Waals surface area contributed by atoms with Gasteiger partial charge in [0.05, 0.1) is 6.61 Å². The number of carboxylic acid groups (broad SMARTS) is 1. The molecule has 0 unspecified atom stereocenters. The number of thiophene rings is 1. The molecule has 0 aliphatic rings. The van der Waals surface area contributed by atoms with Crippen molar-refractivity contribution in [1.82, 2.24) is 4.72 Å². The second-order valence-corrected chi connectivity index (χ2v) is 7.24. The molecule has 0 aliphatic carbocycles. The summed E-state index contributed by atoms with van der Waals surface area (Å²) in [5.74, 6) is -1.53. The number of carboxylic acids is 1. The molecule has 0 aromatic carbocycles. The highest BCUT2D eigenvalue weighted by molar-refractivity contribution is 7.91. The summed E-state index contributed by atoms with van der Waals surface area (Å²) in [5, 5.41) is 8.91. The molecular weight excluding hydrogens is 318 g/mol. The fourth-order valence-corrected chi connectivity index (χ4v) is 4.04. The third kappa shape index (κ3) is 5.10. The van der Waals surface area contributed by atoms with Crippen LogP contribution in [0.1, 0.15) is 35.0 Å². The van der Waals surface area contributed by atoms with Crippen molar-refractivity contribution >= 4 is 33.3 Å². The average molecular weight is 335 g/mol. The fraction of sp³-hybridized carbons (Fsp3) is 0.500. The molecule has 2 N–H and O–H groups in total. The molecule has 118 valence electrons. The minimum Gasteiger partial charge on any atom is -0.477 e. The number of esters is 1. The smallest absolute Gasteiger partial charge is 0.346 e. The molecule has 0 atom stereocenters. The molecule has 0 saturated heterocycles. The molecule has 0 aliphatic heterocycles. The van der Waals surface area contributed by atoms with Crippen molar-refractivity contribution in [3.8, 4) is 0 Å². The van der Waals surface area contributed by atoms with Gasteiger partial charge in [0, 0.05) is 13.0 Å². The zero-order valence-corrected chi connectivity index (χ0v) is 13.3. The first-order chi connectivity index (χ1) is 9.77. The van der Waals surface area contributed by atoms with Gasteiger partial charge in [-0.15, -0.1) is 11.3 Å². The van der Waals surface area contributed by atoms with Crippen molar-refractivity contribution in [2.24, 2.45) is 0 Å². The number of rotatable bonds is 8. The van der Waals surface area contributed by atoms with Crippen LogP contribution >= 0.6 is 11.3 Å². The second kappa shape index (κ2) is 7.53. The molecule has 0 radical (unpaired) electrons. The van der Waals surface area contributed by atoms with E-state index in [9.17, 15) is 18.0 Å². The summed E-state index contributed by atoms with van der Waals surface area (Å²) < 4.78 is 31.0. The number of carbonyl (C=O) groups excluding carboxylic acids is 1. The molecule has 21 heavy (non-hydrogen) atoms. The third-order valence-electron chi connectivity index (χ3n) is 2.51. The van der Waals surface area contributed by atoms with Crippen LogP contribution in [0.5, 0.6) is 0 Å². The van der Waals surface area contributed by atoms with E-state index in [2.05, 4.69) is 4.72 Å². The molecule has 9 heteroatoms. The Morgan fingerprint density at radius 3 is 2.62 bits per heavy atom. The standard InChI is InChI=1S/C12H17NO6S2/c1-3-19-9(14)5-4-6-13-21(17,18)10-7-8(2)11(20-10)12(15)16/h7,13H,3-6H2,1-2H3,(H,15,16). The number of aryl methyl sites for hydroxylation is 1. The minimum absolute atomic E-state index is 0.00176. The lowest BCUT2D eigenvalue weighted by molar-refractivity contribution is -0.143. The Labute approximate surface area is 127 Å². The van der Waals surface area contributed by atoms with Gasteiger partial charge in [0.2, 0.25) is 10.0 Å². The summed E-state index contributed by atoms with van der Waals surface area (Å²) in [6.45, 7) is 3.61. The molecule has 1 rings (SSSR count). The Hall–Kier alpha value is -1.45. The number of sulfonamides is 1. The summed E-state index contributed by atoms with van der Waals surface area (Å²) in [6, 6.07) is 1.32. The molecule has 7 nitrogen and oxygen atoms in total. The van der Waals surface area contributed by atoms with E-state index in [1.54, 1.807) is 13.8 Å². The van der Waals surface area contributed by atoms with Gasteiger partial charge in [-0.1, -0.05) is 0 Å². The molecule has 1 heterocycles. The summed E-state index contributed by atoms with van der Waals surface area (Å²) in [7, 11) is -3.75. The van der Waals surface area contributed by atoms with E-state index in [-0.39, 0.29) is 34.6 Å². The molecule has 0 spiro atoms. The van der Waals surface area contributed by atoms with Crippen LogP contribution in [0.15, 0.2) is 10.3 Å². The van der Waals surface area contributed by atoms with E-state index in [1.807, 2.05) is 0 Å². The van der Waals surface area contributed by atoms with Crippen LogP contribution in [0, 0.1) is 6.92 Å². The predicted octanol–water partition coefficient (Wildman–Crippen LogP) is 1.38. The number of hydrogen-bond donors (Lipinski definition) is 2. The third-order valence-corrected chi connectivity index (χ3v) is 5.67. The Morgan fingerprint density at radius 1 is 1.43 bits per heavy atom. The van der Waals surface area contributed by atoms with Crippen LogP contribution in [-0.4, -0.2) is 38.6 Å². The first-order valence-corrected chi connectivity index (χ1v) is 8.57. The number of aromatic carboxylic acids is 1. The Morgan fingerprint density at radius 2 is 2.10 bits per heavy atom. The Bertz CT molecular complexity index is 620. The van der Waals surface area contributed by atoms with E-state index >= 15 is 0 Å². The minimum atomic E-state index is -3.75. The van der Waals surface area contributed by atoms with Crippen molar-refractivity contribution in [3.63, 3.8) is 0 Å². The van der Waals surface area contributed by atoms with Crippen LogP contribution in [0.4, 0.5) is 0 Å². The van der Waals surface area contributed by atoms with Gasteiger partial charge < -0.3 is 9.84 Å².